The first-order valence-corrected chi connectivity index (χ1v) is 13.1. The molecule has 1 aromatic carbocycles. The molecule has 0 saturated heterocycles. The number of hydrogen-bond acceptors (Lipinski definition) is 5. The number of ether oxygens (including phenoxy) is 1. The van der Waals surface area contributed by atoms with Crippen molar-refractivity contribution in [2.45, 2.75) is 96.4 Å². The Balaban J connectivity index is 2.05. The highest BCUT2D eigenvalue weighted by atomic mass is 16.5. The van der Waals surface area contributed by atoms with Gasteiger partial charge in [0, 0.05) is 19.4 Å². The number of amides is 2. The van der Waals surface area contributed by atoms with Gasteiger partial charge in [0.1, 0.15) is 11.8 Å². The van der Waals surface area contributed by atoms with E-state index in [-0.39, 0.29) is 36.6 Å². The van der Waals surface area contributed by atoms with E-state index in [1.807, 2.05) is 0 Å². The number of carbonyl (C=O) groups excluding carboxylic acids is 2. The second-order valence-corrected chi connectivity index (χ2v) is 8.96. The van der Waals surface area contributed by atoms with E-state index in [9.17, 15) is 24.3 Å². The molecule has 0 bridgehead atoms. The lowest BCUT2D eigenvalue weighted by molar-refractivity contribution is -0.142. The molecule has 1 rings (SSSR count). The summed E-state index contributed by atoms with van der Waals surface area (Å²) in [6.07, 6.45) is 10.1. The largest absolute Gasteiger partial charge is 0.494 e. The minimum atomic E-state index is -1.12. The number of rotatable bonds is 21. The Labute approximate surface area is 214 Å². The van der Waals surface area contributed by atoms with Crippen molar-refractivity contribution in [2.75, 3.05) is 13.2 Å². The van der Waals surface area contributed by atoms with Gasteiger partial charge in [-0.05, 0) is 49.9 Å². The molecular weight excluding hydrogens is 464 g/mol. The quantitative estimate of drug-likeness (QED) is 0.179. The molecule has 2 amide bonds. The fourth-order valence-electron chi connectivity index (χ4n) is 3.65. The third-order valence-electron chi connectivity index (χ3n) is 5.81. The average molecular weight is 507 g/mol. The fourth-order valence-corrected chi connectivity index (χ4v) is 3.65. The summed E-state index contributed by atoms with van der Waals surface area (Å²) < 4.78 is 5.62. The van der Waals surface area contributed by atoms with Gasteiger partial charge in [0.15, 0.2) is 0 Å². The standard InChI is InChI=1S/C27H42N2O7/c1-2-3-10-19-28-24(30)18-17-23(27(34)35)29-25(31)12-9-7-5-4-6-8-11-20-36-22-15-13-21(14-16-22)26(32)33/h13-16,23H,2-12,17-20H2,1H3,(H,28,30)(H,29,31)(H,32,33)(H,34,35)/t23-/m0/s1. The summed E-state index contributed by atoms with van der Waals surface area (Å²) in [5.41, 5.74) is 0.235. The van der Waals surface area contributed by atoms with Gasteiger partial charge in [-0.15, -0.1) is 0 Å². The van der Waals surface area contributed by atoms with E-state index in [4.69, 9.17) is 9.84 Å². The predicted octanol–water partition coefficient (Wildman–Crippen LogP) is 4.54. The normalized spacial score (nSPS) is 11.5. The summed E-state index contributed by atoms with van der Waals surface area (Å²) in [6, 6.07) is 5.31. The van der Waals surface area contributed by atoms with Crippen LogP contribution < -0.4 is 15.4 Å². The van der Waals surface area contributed by atoms with E-state index < -0.39 is 18.0 Å². The maximum Gasteiger partial charge on any atom is 0.335 e. The van der Waals surface area contributed by atoms with E-state index >= 15 is 0 Å². The second kappa shape index (κ2) is 19.1. The summed E-state index contributed by atoms with van der Waals surface area (Å²) in [7, 11) is 0. The Morgan fingerprint density at radius 1 is 0.806 bits per heavy atom. The smallest absolute Gasteiger partial charge is 0.335 e. The molecule has 0 spiro atoms. The molecule has 9 heteroatoms. The Morgan fingerprint density at radius 3 is 2.06 bits per heavy atom. The summed E-state index contributed by atoms with van der Waals surface area (Å²) in [6.45, 7) is 3.25. The molecule has 0 fully saturated rings. The number of aliphatic carboxylic acids is 1. The number of carboxylic acid groups (broad SMARTS) is 2. The Bertz CT molecular complexity index is 796. The molecule has 0 heterocycles. The van der Waals surface area contributed by atoms with Crippen molar-refractivity contribution in [3.05, 3.63) is 29.8 Å². The highest BCUT2D eigenvalue weighted by Gasteiger charge is 2.20. The summed E-state index contributed by atoms with van der Waals surface area (Å²) in [4.78, 5) is 46.2. The minimum absolute atomic E-state index is 0.0748. The van der Waals surface area contributed by atoms with Crippen LogP contribution in [0.3, 0.4) is 0 Å². The van der Waals surface area contributed by atoms with Gasteiger partial charge in [-0.25, -0.2) is 9.59 Å². The Morgan fingerprint density at radius 2 is 1.44 bits per heavy atom. The number of hydrogen-bond donors (Lipinski definition) is 4. The second-order valence-electron chi connectivity index (χ2n) is 8.96. The Hall–Kier alpha value is -3.10. The van der Waals surface area contributed by atoms with Crippen LogP contribution in [0.5, 0.6) is 5.75 Å². The van der Waals surface area contributed by atoms with Crippen molar-refractivity contribution < 1.29 is 34.1 Å². The summed E-state index contributed by atoms with van der Waals surface area (Å²) in [5.74, 6) is -1.90. The van der Waals surface area contributed by atoms with E-state index in [0.29, 0.717) is 25.3 Å². The minimum Gasteiger partial charge on any atom is -0.494 e. The summed E-state index contributed by atoms with van der Waals surface area (Å²) >= 11 is 0. The SMILES string of the molecule is CCCCCNC(=O)CC[C@H](NC(=O)CCCCCCCCCOc1ccc(C(=O)O)cc1)C(=O)O. The topological polar surface area (TPSA) is 142 Å². The van der Waals surface area contributed by atoms with Crippen molar-refractivity contribution in [2.24, 2.45) is 0 Å². The van der Waals surface area contributed by atoms with Gasteiger partial charge in [-0.3, -0.25) is 9.59 Å². The van der Waals surface area contributed by atoms with Crippen LogP contribution in [0.4, 0.5) is 0 Å². The zero-order valence-electron chi connectivity index (χ0n) is 21.4. The first-order chi connectivity index (χ1) is 17.3. The Kier molecular flexibility index (Phi) is 16.4. The van der Waals surface area contributed by atoms with Gasteiger partial charge >= 0.3 is 11.9 Å². The highest BCUT2D eigenvalue weighted by molar-refractivity contribution is 5.87. The number of carboxylic acids is 2. The molecule has 1 aromatic rings. The van der Waals surface area contributed by atoms with Crippen LogP contribution in [0, 0.1) is 0 Å². The lowest BCUT2D eigenvalue weighted by atomic mass is 10.1. The van der Waals surface area contributed by atoms with Crippen molar-refractivity contribution in [3.8, 4) is 5.75 Å². The van der Waals surface area contributed by atoms with Gasteiger partial charge in [-0.1, -0.05) is 51.9 Å². The zero-order valence-corrected chi connectivity index (χ0v) is 21.4. The average Bonchev–Trinajstić information content (AvgIpc) is 2.85. The zero-order chi connectivity index (χ0) is 26.6. The van der Waals surface area contributed by atoms with E-state index in [1.54, 1.807) is 12.1 Å². The van der Waals surface area contributed by atoms with Gasteiger partial charge in [-0.2, -0.15) is 0 Å². The molecule has 0 radical (unpaired) electrons. The molecule has 0 saturated carbocycles. The molecule has 0 aliphatic heterocycles. The van der Waals surface area contributed by atoms with Crippen LogP contribution in [0.2, 0.25) is 0 Å². The van der Waals surface area contributed by atoms with Crippen LogP contribution in [-0.2, 0) is 14.4 Å². The van der Waals surface area contributed by atoms with Crippen LogP contribution in [0.15, 0.2) is 24.3 Å². The maximum atomic E-state index is 12.1. The first-order valence-electron chi connectivity index (χ1n) is 13.1. The number of benzene rings is 1. The summed E-state index contributed by atoms with van der Waals surface area (Å²) in [5, 5.41) is 23.5. The van der Waals surface area contributed by atoms with E-state index in [1.165, 1.54) is 12.1 Å². The molecular formula is C27H42N2O7. The molecule has 0 unspecified atom stereocenters. The molecule has 0 aliphatic rings. The molecule has 0 aromatic heterocycles. The van der Waals surface area contributed by atoms with Crippen LogP contribution >= 0.6 is 0 Å². The van der Waals surface area contributed by atoms with E-state index in [0.717, 1.165) is 57.8 Å². The fraction of sp³-hybridized carbons (Fsp3) is 0.630. The monoisotopic (exact) mass is 506 g/mol. The van der Waals surface area contributed by atoms with Gasteiger partial charge in [0.25, 0.3) is 0 Å². The lowest BCUT2D eigenvalue weighted by Gasteiger charge is -2.14. The molecule has 0 aliphatic carbocycles. The third kappa shape index (κ3) is 15.0. The molecule has 4 N–H and O–H groups in total. The van der Waals surface area contributed by atoms with Crippen LogP contribution in [-0.4, -0.2) is 53.2 Å². The van der Waals surface area contributed by atoms with Crippen molar-refractivity contribution in [1.82, 2.24) is 10.6 Å². The van der Waals surface area contributed by atoms with Crippen LogP contribution in [0.25, 0.3) is 0 Å². The third-order valence-corrected chi connectivity index (χ3v) is 5.81. The predicted molar refractivity (Wildman–Crippen MR) is 137 cm³/mol. The van der Waals surface area contributed by atoms with Crippen molar-refractivity contribution in [3.63, 3.8) is 0 Å². The molecule has 36 heavy (non-hydrogen) atoms. The first kappa shape index (κ1) is 30.9. The van der Waals surface area contributed by atoms with Crippen molar-refractivity contribution in [1.29, 1.82) is 0 Å². The molecule has 9 nitrogen and oxygen atoms in total. The van der Waals surface area contributed by atoms with E-state index in [2.05, 4.69) is 17.6 Å². The number of unbranched alkanes of at least 4 members (excludes halogenated alkanes) is 8. The maximum absolute atomic E-state index is 12.1. The molecule has 202 valence electrons. The van der Waals surface area contributed by atoms with Crippen LogP contribution in [0.1, 0.15) is 101 Å². The van der Waals surface area contributed by atoms with Gasteiger partial charge < -0.3 is 25.6 Å². The number of aromatic carboxylic acids is 1. The lowest BCUT2D eigenvalue weighted by Crippen LogP contribution is -2.41. The number of nitrogens with one attached hydrogen (secondary N) is 2. The number of carbonyl (C=O) groups is 4. The highest BCUT2D eigenvalue weighted by Crippen LogP contribution is 2.14. The van der Waals surface area contributed by atoms with Gasteiger partial charge in [0.05, 0.1) is 12.2 Å². The molecule has 1 atom stereocenters. The van der Waals surface area contributed by atoms with Crippen molar-refractivity contribution >= 4 is 23.8 Å². The van der Waals surface area contributed by atoms with Gasteiger partial charge in [0.2, 0.25) is 11.8 Å².